The molecule has 5 nitrogen and oxygen atoms in total. The number of benzene rings is 3. The maximum Gasteiger partial charge on any atom is 0.259 e. The second kappa shape index (κ2) is 7.02. The number of hydrogen-bond acceptors (Lipinski definition) is 3. The van der Waals surface area contributed by atoms with Crippen LogP contribution in [0.15, 0.2) is 72.8 Å². The van der Waals surface area contributed by atoms with Crippen LogP contribution in [0.4, 0.5) is 5.69 Å². The average molecular weight is 398 g/mol. The van der Waals surface area contributed by atoms with Crippen LogP contribution < -0.4 is 15.0 Å². The van der Waals surface area contributed by atoms with Gasteiger partial charge >= 0.3 is 0 Å². The van der Waals surface area contributed by atoms with Crippen molar-refractivity contribution in [3.05, 3.63) is 95.1 Å². The maximum atomic E-state index is 13.3. The number of fused-ring (bicyclic) bond motifs is 5. The van der Waals surface area contributed by atoms with Crippen LogP contribution in [0.2, 0.25) is 0 Å². The molecule has 5 heteroatoms. The molecule has 5 rings (SSSR count). The van der Waals surface area contributed by atoms with Crippen molar-refractivity contribution in [3.8, 4) is 5.75 Å². The van der Waals surface area contributed by atoms with Crippen molar-refractivity contribution in [3.63, 3.8) is 0 Å². The molecule has 0 unspecified atom stereocenters. The van der Waals surface area contributed by atoms with Crippen LogP contribution >= 0.6 is 0 Å². The van der Waals surface area contributed by atoms with E-state index in [9.17, 15) is 9.59 Å². The molecule has 0 spiro atoms. The van der Waals surface area contributed by atoms with E-state index >= 15 is 0 Å². The Bertz CT molecular complexity index is 1140. The number of nitrogens with zero attached hydrogens (tertiary/aromatic N) is 1. The number of rotatable bonds is 3. The quantitative estimate of drug-likeness (QED) is 0.706. The Morgan fingerprint density at radius 1 is 0.967 bits per heavy atom. The van der Waals surface area contributed by atoms with E-state index in [0.29, 0.717) is 11.3 Å². The van der Waals surface area contributed by atoms with Gasteiger partial charge < -0.3 is 15.0 Å². The summed E-state index contributed by atoms with van der Waals surface area (Å²) in [6.07, 6.45) is 0. The smallest absolute Gasteiger partial charge is 0.259 e. The fourth-order valence-electron chi connectivity index (χ4n) is 4.74. The van der Waals surface area contributed by atoms with Gasteiger partial charge in [-0.3, -0.25) is 9.59 Å². The number of anilines is 1. The Labute approximate surface area is 175 Å². The van der Waals surface area contributed by atoms with Gasteiger partial charge in [-0.15, -0.1) is 0 Å². The van der Waals surface area contributed by atoms with Crippen LogP contribution in [0.25, 0.3) is 0 Å². The van der Waals surface area contributed by atoms with E-state index in [0.717, 1.165) is 22.4 Å². The van der Waals surface area contributed by atoms with Crippen molar-refractivity contribution in [1.82, 2.24) is 5.32 Å². The van der Waals surface area contributed by atoms with Crippen molar-refractivity contribution >= 4 is 17.5 Å². The van der Waals surface area contributed by atoms with Crippen molar-refractivity contribution in [2.75, 3.05) is 12.0 Å². The van der Waals surface area contributed by atoms with Crippen molar-refractivity contribution in [2.24, 2.45) is 5.92 Å². The van der Waals surface area contributed by atoms with Crippen LogP contribution in [0, 0.1) is 5.92 Å². The highest BCUT2D eigenvalue weighted by Gasteiger charge is 2.48. The predicted molar refractivity (Wildman–Crippen MR) is 115 cm³/mol. The van der Waals surface area contributed by atoms with Gasteiger partial charge in [0.25, 0.3) is 11.8 Å². The first-order valence-electron chi connectivity index (χ1n) is 10.1. The summed E-state index contributed by atoms with van der Waals surface area (Å²) in [4.78, 5) is 28.1. The zero-order valence-corrected chi connectivity index (χ0v) is 16.8. The van der Waals surface area contributed by atoms with Gasteiger partial charge in [-0.25, -0.2) is 0 Å². The molecule has 0 bridgehead atoms. The van der Waals surface area contributed by atoms with E-state index in [1.807, 2.05) is 65.6 Å². The standard InChI is InChI=1S/C25H22N2O3/c1-15-22(26-24(28)16-8-4-3-5-9-16)20-14-17(30-2)12-13-21(20)27-23(15)18-10-6-7-11-19(18)25(27)29/h3-15,22-23H,1-2H3,(H,26,28)/t15-,22-,23-/m1/s1. The third-order valence-corrected chi connectivity index (χ3v) is 6.18. The summed E-state index contributed by atoms with van der Waals surface area (Å²) in [6, 6.07) is 22.2. The molecule has 2 aliphatic rings. The molecule has 3 aromatic rings. The molecule has 0 fully saturated rings. The Morgan fingerprint density at radius 2 is 1.70 bits per heavy atom. The molecule has 2 amide bonds. The third-order valence-electron chi connectivity index (χ3n) is 6.18. The van der Waals surface area contributed by atoms with Gasteiger partial charge in [0.1, 0.15) is 5.75 Å². The van der Waals surface area contributed by atoms with Gasteiger partial charge in [0, 0.05) is 22.6 Å². The lowest BCUT2D eigenvalue weighted by atomic mass is 9.80. The summed E-state index contributed by atoms with van der Waals surface area (Å²) in [5, 5.41) is 3.22. The number of carbonyl (C=O) groups is 2. The largest absolute Gasteiger partial charge is 0.497 e. The fourth-order valence-corrected chi connectivity index (χ4v) is 4.74. The van der Waals surface area contributed by atoms with Gasteiger partial charge in [-0.05, 0) is 42.0 Å². The molecule has 150 valence electrons. The molecule has 3 atom stereocenters. The second-order valence-corrected chi connectivity index (χ2v) is 7.81. The lowest BCUT2D eigenvalue weighted by molar-refractivity contribution is 0.0911. The summed E-state index contributed by atoms with van der Waals surface area (Å²) < 4.78 is 5.44. The number of amides is 2. The topological polar surface area (TPSA) is 58.6 Å². The molecular weight excluding hydrogens is 376 g/mol. The number of hydrogen-bond donors (Lipinski definition) is 1. The van der Waals surface area contributed by atoms with E-state index in [1.54, 1.807) is 19.2 Å². The average Bonchev–Trinajstić information content (AvgIpc) is 3.09. The Morgan fingerprint density at radius 3 is 2.47 bits per heavy atom. The summed E-state index contributed by atoms with van der Waals surface area (Å²) in [5.41, 5.74) is 4.06. The van der Waals surface area contributed by atoms with Crippen molar-refractivity contribution in [2.45, 2.75) is 19.0 Å². The van der Waals surface area contributed by atoms with Crippen molar-refractivity contribution < 1.29 is 14.3 Å². The molecule has 0 aliphatic carbocycles. The first-order chi connectivity index (χ1) is 14.6. The fraction of sp³-hybridized carbons (Fsp3) is 0.200. The summed E-state index contributed by atoms with van der Waals surface area (Å²) >= 11 is 0. The van der Waals surface area contributed by atoms with E-state index < -0.39 is 0 Å². The van der Waals surface area contributed by atoms with Crippen LogP contribution in [0.1, 0.15) is 50.9 Å². The second-order valence-electron chi connectivity index (χ2n) is 7.81. The molecule has 2 heterocycles. The van der Waals surface area contributed by atoms with Gasteiger partial charge in [-0.1, -0.05) is 43.3 Å². The van der Waals surface area contributed by atoms with E-state index in [-0.39, 0.29) is 29.8 Å². The zero-order chi connectivity index (χ0) is 20.8. The summed E-state index contributed by atoms with van der Waals surface area (Å²) in [5.74, 6) is 0.543. The molecule has 0 saturated heterocycles. The van der Waals surface area contributed by atoms with Gasteiger partial charge in [-0.2, -0.15) is 0 Å². The number of carbonyl (C=O) groups excluding carboxylic acids is 2. The van der Waals surface area contributed by atoms with Gasteiger partial charge in [0.15, 0.2) is 0 Å². The van der Waals surface area contributed by atoms with Crippen LogP contribution in [-0.2, 0) is 0 Å². The predicted octanol–water partition coefficient (Wildman–Crippen LogP) is 4.52. The monoisotopic (exact) mass is 398 g/mol. The summed E-state index contributed by atoms with van der Waals surface area (Å²) in [7, 11) is 1.62. The van der Waals surface area contributed by atoms with E-state index in [4.69, 9.17) is 4.74 Å². The number of methoxy groups -OCH3 is 1. The molecule has 0 saturated carbocycles. The third kappa shape index (κ3) is 2.70. The Hall–Kier alpha value is -3.60. The summed E-state index contributed by atoms with van der Waals surface area (Å²) in [6.45, 7) is 2.09. The molecule has 30 heavy (non-hydrogen) atoms. The highest BCUT2D eigenvalue weighted by Crippen LogP contribution is 2.52. The minimum Gasteiger partial charge on any atom is -0.497 e. The zero-order valence-electron chi connectivity index (χ0n) is 16.8. The molecule has 1 N–H and O–H groups in total. The molecule has 0 aromatic heterocycles. The highest BCUT2D eigenvalue weighted by molar-refractivity contribution is 6.12. The first kappa shape index (κ1) is 18.4. The number of nitrogens with one attached hydrogen (secondary N) is 1. The Kier molecular flexibility index (Phi) is 4.31. The minimum atomic E-state index is -0.261. The van der Waals surface area contributed by atoms with Gasteiger partial charge in [0.2, 0.25) is 0 Å². The normalized spacial score (nSPS) is 21.5. The van der Waals surface area contributed by atoms with Crippen LogP contribution in [-0.4, -0.2) is 18.9 Å². The Balaban J connectivity index is 1.63. The molecule has 3 aromatic carbocycles. The number of ether oxygens (including phenoxy) is 1. The SMILES string of the molecule is COc1ccc2c(c1)[C@H](NC(=O)c1ccccc1)[C@@H](C)[C@@H]1c3ccccc3C(=O)N21. The maximum absolute atomic E-state index is 13.3. The molecular formula is C25H22N2O3. The molecule has 0 radical (unpaired) electrons. The lowest BCUT2D eigenvalue weighted by Gasteiger charge is -2.42. The van der Waals surface area contributed by atoms with E-state index in [1.165, 1.54) is 0 Å². The minimum absolute atomic E-state index is 0.00158. The lowest BCUT2D eigenvalue weighted by Crippen LogP contribution is -2.44. The van der Waals surface area contributed by atoms with Crippen LogP contribution in [0.5, 0.6) is 5.75 Å². The van der Waals surface area contributed by atoms with Crippen molar-refractivity contribution in [1.29, 1.82) is 0 Å². The molecule has 2 aliphatic heterocycles. The highest BCUT2D eigenvalue weighted by atomic mass is 16.5. The van der Waals surface area contributed by atoms with E-state index in [2.05, 4.69) is 12.2 Å². The van der Waals surface area contributed by atoms with Gasteiger partial charge in [0.05, 0.1) is 24.9 Å². The van der Waals surface area contributed by atoms with Crippen LogP contribution in [0.3, 0.4) is 0 Å². The first-order valence-corrected chi connectivity index (χ1v) is 10.1.